The lowest BCUT2D eigenvalue weighted by atomic mass is 10.0. The van der Waals surface area contributed by atoms with Crippen molar-refractivity contribution in [1.82, 2.24) is 4.98 Å². The number of nitrogens with one attached hydrogen (secondary N) is 1. The standard InChI is InChI=1S/C17H21ClN2/c1-4-13-6-8-14(9-7-13)15(5-2)20-16-12(3)10-11-19-17(16)18/h6-11,15,20H,4-5H2,1-3H3. The zero-order chi connectivity index (χ0) is 14.5. The normalized spacial score (nSPS) is 12.2. The van der Waals surface area contributed by atoms with Crippen molar-refractivity contribution in [1.29, 1.82) is 0 Å². The molecule has 0 fully saturated rings. The number of halogens is 1. The van der Waals surface area contributed by atoms with E-state index in [4.69, 9.17) is 11.6 Å². The number of pyridine rings is 1. The van der Waals surface area contributed by atoms with E-state index in [0.717, 1.165) is 24.1 Å². The zero-order valence-electron chi connectivity index (χ0n) is 12.3. The van der Waals surface area contributed by atoms with Gasteiger partial charge in [-0.2, -0.15) is 0 Å². The Balaban J connectivity index is 2.24. The van der Waals surface area contributed by atoms with Gasteiger partial charge in [-0.3, -0.25) is 0 Å². The highest BCUT2D eigenvalue weighted by Gasteiger charge is 2.13. The van der Waals surface area contributed by atoms with E-state index in [1.807, 2.05) is 13.0 Å². The van der Waals surface area contributed by atoms with Crippen LogP contribution in [0.15, 0.2) is 36.5 Å². The molecule has 1 aromatic carbocycles. The molecule has 3 heteroatoms. The van der Waals surface area contributed by atoms with E-state index < -0.39 is 0 Å². The summed E-state index contributed by atoms with van der Waals surface area (Å²) in [4.78, 5) is 4.15. The van der Waals surface area contributed by atoms with Gasteiger partial charge in [-0.25, -0.2) is 4.98 Å². The first kappa shape index (κ1) is 14.9. The number of rotatable bonds is 5. The summed E-state index contributed by atoms with van der Waals surface area (Å²) >= 11 is 6.19. The summed E-state index contributed by atoms with van der Waals surface area (Å²) in [6.45, 7) is 6.39. The highest BCUT2D eigenvalue weighted by molar-refractivity contribution is 6.32. The van der Waals surface area contributed by atoms with Crippen LogP contribution >= 0.6 is 11.6 Å². The molecular weight excluding hydrogens is 268 g/mol. The van der Waals surface area contributed by atoms with Crippen LogP contribution in [0.2, 0.25) is 5.15 Å². The summed E-state index contributed by atoms with van der Waals surface area (Å²) in [5, 5.41) is 4.06. The fourth-order valence-electron chi connectivity index (χ4n) is 2.28. The quantitative estimate of drug-likeness (QED) is 0.768. The first-order valence-electron chi connectivity index (χ1n) is 7.12. The molecular formula is C17H21ClN2. The highest BCUT2D eigenvalue weighted by Crippen LogP contribution is 2.29. The summed E-state index contributed by atoms with van der Waals surface area (Å²) in [5.41, 5.74) is 4.69. The van der Waals surface area contributed by atoms with Crippen molar-refractivity contribution >= 4 is 17.3 Å². The Kier molecular flexibility index (Phi) is 5.02. The van der Waals surface area contributed by atoms with Gasteiger partial charge >= 0.3 is 0 Å². The van der Waals surface area contributed by atoms with E-state index in [0.29, 0.717) is 5.15 Å². The van der Waals surface area contributed by atoms with Gasteiger partial charge in [0.05, 0.1) is 11.7 Å². The van der Waals surface area contributed by atoms with Gasteiger partial charge in [0.2, 0.25) is 0 Å². The van der Waals surface area contributed by atoms with Crippen LogP contribution in [0.5, 0.6) is 0 Å². The molecule has 0 saturated carbocycles. The van der Waals surface area contributed by atoms with Crippen molar-refractivity contribution in [3.8, 4) is 0 Å². The zero-order valence-corrected chi connectivity index (χ0v) is 13.0. The number of aromatic nitrogens is 1. The van der Waals surface area contributed by atoms with Gasteiger partial charge in [0.1, 0.15) is 0 Å². The van der Waals surface area contributed by atoms with Gasteiger partial charge in [-0.15, -0.1) is 0 Å². The topological polar surface area (TPSA) is 24.9 Å². The molecule has 20 heavy (non-hydrogen) atoms. The van der Waals surface area contributed by atoms with Gasteiger partial charge in [-0.1, -0.05) is 49.7 Å². The Morgan fingerprint density at radius 3 is 2.40 bits per heavy atom. The van der Waals surface area contributed by atoms with Crippen LogP contribution in [0, 0.1) is 6.92 Å². The number of aryl methyl sites for hydroxylation is 2. The molecule has 0 amide bonds. The highest BCUT2D eigenvalue weighted by atomic mass is 35.5. The average Bonchev–Trinajstić information content (AvgIpc) is 2.47. The molecule has 2 aromatic rings. The number of hydrogen-bond acceptors (Lipinski definition) is 2. The molecule has 0 radical (unpaired) electrons. The molecule has 0 aliphatic rings. The Morgan fingerprint density at radius 1 is 1.15 bits per heavy atom. The molecule has 0 aliphatic heterocycles. The third kappa shape index (κ3) is 3.31. The lowest BCUT2D eigenvalue weighted by molar-refractivity contribution is 0.747. The fraction of sp³-hybridized carbons (Fsp3) is 0.353. The Morgan fingerprint density at radius 2 is 1.85 bits per heavy atom. The predicted octanol–water partition coefficient (Wildman–Crippen LogP) is 5.17. The maximum Gasteiger partial charge on any atom is 0.152 e. The maximum absolute atomic E-state index is 6.19. The predicted molar refractivity (Wildman–Crippen MR) is 86.5 cm³/mol. The van der Waals surface area contributed by atoms with Gasteiger partial charge in [0, 0.05) is 6.20 Å². The molecule has 1 atom stereocenters. The van der Waals surface area contributed by atoms with E-state index in [2.05, 4.69) is 48.4 Å². The fourth-order valence-corrected chi connectivity index (χ4v) is 2.54. The molecule has 0 aliphatic carbocycles. The van der Waals surface area contributed by atoms with E-state index in [9.17, 15) is 0 Å². The molecule has 1 N–H and O–H groups in total. The third-order valence-corrected chi connectivity index (χ3v) is 3.92. The maximum atomic E-state index is 6.19. The lowest BCUT2D eigenvalue weighted by Crippen LogP contribution is -2.11. The van der Waals surface area contributed by atoms with Crippen LogP contribution in [0.4, 0.5) is 5.69 Å². The summed E-state index contributed by atoms with van der Waals surface area (Å²) in [7, 11) is 0. The van der Waals surface area contributed by atoms with Crippen molar-refractivity contribution in [2.75, 3.05) is 5.32 Å². The van der Waals surface area contributed by atoms with Crippen molar-refractivity contribution in [2.45, 2.75) is 39.7 Å². The van der Waals surface area contributed by atoms with Crippen molar-refractivity contribution in [3.05, 3.63) is 58.4 Å². The van der Waals surface area contributed by atoms with E-state index in [-0.39, 0.29) is 6.04 Å². The van der Waals surface area contributed by atoms with Crippen molar-refractivity contribution < 1.29 is 0 Å². The number of benzene rings is 1. The Bertz CT molecular complexity index is 543. The minimum absolute atomic E-state index is 0.251. The third-order valence-electron chi connectivity index (χ3n) is 3.63. The second kappa shape index (κ2) is 6.76. The van der Waals surface area contributed by atoms with Gasteiger partial charge in [0.15, 0.2) is 5.15 Å². The second-order valence-electron chi connectivity index (χ2n) is 4.99. The molecule has 1 aromatic heterocycles. The molecule has 2 rings (SSSR count). The number of nitrogens with zero attached hydrogens (tertiary/aromatic N) is 1. The second-order valence-corrected chi connectivity index (χ2v) is 5.35. The van der Waals surface area contributed by atoms with Gasteiger partial charge in [0.25, 0.3) is 0 Å². The molecule has 0 saturated heterocycles. The van der Waals surface area contributed by atoms with Crippen LogP contribution in [0.25, 0.3) is 0 Å². The molecule has 1 heterocycles. The minimum Gasteiger partial charge on any atom is -0.376 e. The van der Waals surface area contributed by atoms with Crippen LogP contribution < -0.4 is 5.32 Å². The van der Waals surface area contributed by atoms with E-state index in [1.54, 1.807) is 6.20 Å². The van der Waals surface area contributed by atoms with Crippen LogP contribution in [0.3, 0.4) is 0 Å². The molecule has 1 unspecified atom stereocenters. The van der Waals surface area contributed by atoms with Crippen LogP contribution in [0.1, 0.15) is 43.0 Å². The minimum atomic E-state index is 0.251. The largest absolute Gasteiger partial charge is 0.376 e. The smallest absolute Gasteiger partial charge is 0.152 e. The lowest BCUT2D eigenvalue weighted by Gasteiger charge is -2.21. The molecule has 0 spiro atoms. The summed E-state index contributed by atoms with van der Waals surface area (Å²) < 4.78 is 0. The Labute approximate surface area is 126 Å². The Hall–Kier alpha value is -1.54. The molecule has 106 valence electrons. The van der Waals surface area contributed by atoms with E-state index >= 15 is 0 Å². The average molecular weight is 289 g/mol. The van der Waals surface area contributed by atoms with Crippen molar-refractivity contribution in [3.63, 3.8) is 0 Å². The van der Waals surface area contributed by atoms with Crippen molar-refractivity contribution in [2.24, 2.45) is 0 Å². The number of hydrogen-bond donors (Lipinski definition) is 1. The van der Waals surface area contributed by atoms with Gasteiger partial charge in [-0.05, 0) is 42.5 Å². The summed E-state index contributed by atoms with van der Waals surface area (Å²) in [6, 6.07) is 11.0. The summed E-state index contributed by atoms with van der Waals surface area (Å²) in [5.74, 6) is 0. The summed E-state index contributed by atoms with van der Waals surface area (Å²) in [6.07, 6.45) is 3.80. The molecule has 2 nitrogen and oxygen atoms in total. The monoisotopic (exact) mass is 288 g/mol. The van der Waals surface area contributed by atoms with Crippen LogP contribution in [-0.4, -0.2) is 4.98 Å². The SMILES string of the molecule is CCc1ccc(C(CC)Nc2c(C)ccnc2Cl)cc1. The first-order chi connectivity index (χ1) is 9.65. The van der Waals surface area contributed by atoms with E-state index in [1.165, 1.54) is 11.1 Å². The number of anilines is 1. The van der Waals surface area contributed by atoms with Crippen LogP contribution in [-0.2, 0) is 6.42 Å². The van der Waals surface area contributed by atoms with Gasteiger partial charge < -0.3 is 5.32 Å². The first-order valence-corrected chi connectivity index (χ1v) is 7.50. The molecule has 0 bridgehead atoms.